The first-order valence-electron chi connectivity index (χ1n) is 4.93. The first kappa shape index (κ1) is 11.9. The van der Waals surface area contributed by atoms with E-state index in [4.69, 9.17) is 4.74 Å². The highest BCUT2D eigenvalue weighted by atomic mass is 32.2. The largest absolute Gasteiger partial charge is 0.450 e. The van der Waals surface area contributed by atoms with Crippen molar-refractivity contribution < 1.29 is 9.53 Å². The van der Waals surface area contributed by atoms with Crippen molar-refractivity contribution in [2.75, 3.05) is 17.7 Å². The van der Waals surface area contributed by atoms with Crippen LogP contribution in [0.4, 0.5) is 10.5 Å². The minimum absolute atomic E-state index is 0.385. The van der Waals surface area contributed by atoms with E-state index in [1.54, 1.807) is 18.7 Å². The Labute approximate surface area is 94.2 Å². The highest BCUT2D eigenvalue weighted by Crippen LogP contribution is 2.19. The van der Waals surface area contributed by atoms with E-state index < -0.39 is 6.09 Å². The lowest BCUT2D eigenvalue weighted by Crippen LogP contribution is -2.12. The van der Waals surface area contributed by atoms with E-state index in [0.717, 1.165) is 11.4 Å². The molecule has 0 spiro atoms. The number of benzene rings is 1. The van der Waals surface area contributed by atoms with Crippen LogP contribution in [0.25, 0.3) is 0 Å². The van der Waals surface area contributed by atoms with Gasteiger partial charge in [0.2, 0.25) is 0 Å². The topological polar surface area (TPSA) is 38.3 Å². The third-order valence-electron chi connectivity index (χ3n) is 1.69. The van der Waals surface area contributed by atoms with E-state index in [1.165, 1.54) is 4.90 Å². The molecule has 1 aromatic carbocycles. The van der Waals surface area contributed by atoms with Crippen molar-refractivity contribution in [3.63, 3.8) is 0 Å². The lowest BCUT2D eigenvalue weighted by Gasteiger charge is -2.05. The van der Waals surface area contributed by atoms with Gasteiger partial charge < -0.3 is 4.74 Å². The molecule has 0 saturated carbocycles. The van der Waals surface area contributed by atoms with Gasteiger partial charge in [0.25, 0.3) is 0 Å². The third-order valence-corrected chi connectivity index (χ3v) is 2.58. The highest BCUT2D eigenvalue weighted by molar-refractivity contribution is 7.99. The molecule has 15 heavy (non-hydrogen) atoms. The summed E-state index contributed by atoms with van der Waals surface area (Å²) in [4.78, 5) is 12.3. The second-order valence-electron chi connectivity index (χ2n) is 2.80. The first-order chi connectivity index (χ1) is 7.26. The molecule has 0 aliphatic rings. The maximum absolute atomic E-state index is 11.1. The molecular formula is C11H15NO2S. The number of hydrogen-bond donors (Lipinski definition) is 1. The quantitative estimate of drug-likeness (QED) is 0.798. The number of ether oxygens (including phenoxy) is 1. The smallest absolute Gasteiger partial charge is 0.411 e. The Morgan fingerprint density at radius 3 is 2.53 bits per heavy atom. The second kappa shape index (κ2) is 6.35. The lowest BCUT2D eigenvalue weighted by atomic mass is 10.3. The molecule has 0 aromatic heterocycles. The van der Waals surface area contributed by atoms with Crippen LogP contribution in [0, 0.1) is 0 Å². The van der Waals surface area contributed by atoms with Gasteiger partial charge in [-0.25, -0.2) is 4.79 Å². The number of nitrogens with one attached hydrogen (secondary N) is 1. The molecule has 0 aliphatic carbocycles. The zero-order valence-corrected chi connectivity index (χ0v) is 9.76. The van der Waals surface area contributed by atoms with Gasteiger partial charge in [-0.15, -0.1) is 11.8 Å². The summed E-state index contributed by atoms with van der Waals surface area (Å²) >= 11 is 1.77. The number of carbonyl (C=O) groups excluding carboxylic acids is 1. The maximum Gasteiger partial charge on any atom is 0.411 e. The Hall–Kier alpha value is -1.16. The van der Waals surface area contributed by atoms with E-state index in [-0.39, 0.29) is 0 Å². The highest BCUT2D eigenvalue weighted by Gasteiger charge is 2.01. The number of rotatable bonds is 4. The summed E-state index contributed by atoms with van der Waals surface area (Å²) in [6.07, 6.45) is -0.409. The maximum atomic E-state index is 11.1. The van der Waals surface area contributed by atoms with E-state index in [0.29, 0.717) is 6.61 Å². The van der Waals surface area contributed by atoms with Crippen molar-refractivity contribution in [2.45, 2.75) is 18.7 Å². The van der Waals surface area contributed by atoms with Gasteiger partial charge in [-0.2, -0.15) is 0 Å². The van der Waals surface area contributed by atoms with Gasteiger partial charge in [0, 0.05) is 10.6 Å². The van der Waals surface area contributed by atoms with Gasteiger partial charge in [0.05, 0.1) is 6.61 Å². The molecule has 1 rings (SSSR count). The van der Waals surface area contributed by atoms with Crippen LogP contribution >= 0.6 is 11.8 Å². The van der Waals surface area contributed by atoms with Crippen molar-refractivity contribution in [3.05, 3.63) is 24.3 Å². The minimum atomic E-state index is -0.409. The Balaban J connectivity index is 2.52. The first-order valence-corrected chi connectivity index (χ1v) is 5.91. The monoisotopic (exact) mass is 225 g/mol. The molecular weight excluding hydrogens is 210 g/mol. The standard InChI is InChI=1S/C11H15NO2S/c1-3-14-11(13)12-9-5-7-10(8-6-9)15-4-2/h5-8H,3-4H2,1-2H3,(H,12,13). The summed E-state index contributed by atoms with van der Waals surface area (Å²) in [6.45, 7) is 4.27. The molecule has 0 bridgehead atoms. The van der Waals surface area contributed by atoms with E-state index in [9.17, 15) is 4.79 Å². The average molecular weight is 225 g/mol. The van der Waals surface area contributed by atoms with Crippen LogP contribution in [0.3, 0.4) is 0 Å². The summed E-state index contributed by atoms with van der Waals surface area (Å²) < 4.78 is 4.77. The van der Waals surface area contributed by atoms with Crippen LogP contribution in [-0.4, -0.2) is 18.5 Å². The Morgan fingerprint density at radius 2 is 2.00 bits per heavy atom. The fourth-order valence-electron chi connectivity index (χ4n) is 1.09. The summed E-state index contributed by atoms with van der Waals surface area (Å²) in [5.41, 5.74) is 0.758. The number of anilines is 1. The molecule has 1 aromatic rings. The molecule has 0 fully saturated rings. The van der Waals surface area contributed by atoms with Crippen LogP contribution in [0.2, 0.25) is 0 Å². The Kier molecular flexibility index (Phi) is 5.04. The van der Waals surface area contributed by atoms with Crippen LogP contribution < -0.4 is 5.32 Å². The van der Waals surface area contributed by atoms with Gasteiger partial charge >= 0.3 is 6.09 Å². The number of hydrogen-bond acceptors (Lipinski definition) is 3. The van der Waals surface area contributed by atoms with Crippen molar-refractivity contribution in [1.29, 1.82) is 0 Å². The second-order valence-corrected chi connectivity index (χ2v) is 4.14. The normalized spacial score (nSPS) is 9.73. The predicted molar refractivity (Wildman–Crippen MR) is 63.5 cm³/mol. The fraction of sp³-hybridized carbons (Fsp3) is 0.364. The molecule has 0 atom stereocenters. The van der Waals surface area contributed by atoms with Gasteiger partial charge in [-0.1, -0.05) is 6.92 Å². The molecule has 1 N–H and O–H groups in total. The number of thioether (sulfide) groups is 1. The average Bonchev–Trinajstić information content (AvgIpc) is 2.22. The molecule has 4 heteroatoms. The van der Waals surface area contributed by atoms with Crippen molar-refractivity contribution >= 4 is 23.5 Å². The van der Waals surface area contributed by atoms with Crippen LogP contribution in [-0.2, 0) is 4.74 Å². The van der Waals surface area contributed by atoms with Crippen molar-refractivity contribution in [1.82, 2.24) is 0 Å². The lowest BCUT2D eigenvalue weighted by molar-refractivity contribution is 0.168. The predicted octanol–water partition coefficient (Wildman–Crippen LogP) is 3.37. The Morgan fingerprint density at radius 1 is 1.33 bits per heavy atom. The summed E-state index contributed by atoms with van der Waals surface area (Å²) in [7, 11) is 0. The fourth-order valence-corrected chi connectivity index (χ4v) is 1.75. The van der Waals surface area contributed by atoms with E-state index in [2.05, 4.69) is 12.2 Å². The molecule has 1 amide bonds. The minimum Gasteiger partial charge on any atom is -0.450 e. The molecule has 0 aliphatic heterocycles. The van der Waals surface area contributed by atoms with E-state index >= 15 is 0 Å². The summed E-state index contributed by atoms with van der Waals surface area (Å²) in [5.74, 6) is 1.05. The Bertz CT molecular complexity index is 311. The van der Waals surface area contributed by atoms with Crippen molar-refractivity contribution in [2.24, 2.45) is 0 Å². The zero-order valence-electron chi connectivity index (χ0n) is 8.95. The zero-order chi connectivity index (χ0) is 11.1. The van der Waals surface area contributed by atoms with Gasteiger partial charge in [-0.3, -0.25) is 5.32 Å². The van der Waals surface area contributed by atoms with E-state index in [1.807, 2.05) is 24.3 Å². The molecule has 3 nitrogen and oxygen atoms in total. The van der Waals surface area contributed by atoms with Gasteiger partial charge in [0.15, 0.2) is 0 Å². The van der Waals surface area contributed by atoms with Gasteiger partial charge in [-0.05, 0) is 36.9 Å². The van der Waals surface area contributed by atoms with Crippen LogP contribution in [0.1, 0.15) is 13.8 Å². The van der Waals surface area contributed by atoms with Crippen LogP contribution in [0.5, 0.6) is 0 Å². The molecule has 0 heterocycles. The van der Waals surface area contributed by atoms with Crippen molar-refractivity contribution in [3.8, 4) is 0 Å². The molecule has 0 saturated heterocycles. The van der Waals surface area contributed by atoms with Crippen LogP contribution in [0.15, 0.2) is 29.2 Å². The summed E-state index contributed by atoms with van der Waals surface area (Å²) in [5, 5.41) is 2.64. The molecule has 0 unspecified atom stereocenters. The number of carbonyl (C=O) groups is 1. The van der Waals surface area contributed by atoms with Gasteiger partial charge in [0.1, 0.15) is 0 Å². The molecule has 82 valence electrons. The third kappa shape index (κ3) is 4.25. The SMILES string of the molecule is CCOC(=O)Nc1ccc(SCC)cc1. The summed E-state index contributed by atoms with van der Waals surface area (Å²) in [6, 6.07) is 7.70. The number of amides is 1. The molecule has 0 radical (unpaired) electrons.